The molecule has 3 N–H and O–H groups in total. The van der Waals surface area contributed by atoms with E-state index < -0.39 is 10.0 Å². The van der Waals surface area contributed by atoms with Crippen molar-refractivity contribution in [2.45, 2.75) is 18.2 Å². The average Bonchev–Trinajstić information content (AvgIpc) is 2.48. The van der Waals surface area contributed by atoms with Crippen LogP contribution in [0.2, 0.25) is 0 Å². The number of sulfonamides is 1. The lowest BCUT2D eigenvalue weighted by Crippen LogP contribution is -2.26. The Morgan fingerprint density at radius 2 is 2.18 bits per heavy atom. The molecule has 8 heteroatoms. The summed E-state index contributed by atoms with van der Waals surface area (Å²) in [6.07, 6.45) is 2.78. The molecule has 0 bridgehead atoms. The van der Waals surface area contributed by atoms with E-state index in [1.54, 1.807) is 25.7 Å². The van der Waals surface area contributed by atoms with Crippen molar-refractivity contribution in [2.24, 2.45) is 7.05 Å². The average molecular weight is 278 g/mol. The van der Waals surface area contributed by atoms with E-state index in [1.807, 2.05) is 6.26 Å². The van der Waals surface area contributed by atoms with Crippen LogP contribution >= 0.6 is 11.8 Å². The normalized spacial score (nSPS) is 11.9. The molecule has 0 amide bonds. The highest BCUT2D eigenvalue weighted by Gasteiger charge is 2.23. The van der Waals surface area contributed by atoms with Gasteiger partial charge in [-0.05, 0) is 25.4 Å². The van der Waals surface area contributed by atoms with Gasteiger partial charge in [0.15, 0.2) is 5.82 Å². The molecule has 1 aromatic heterocycles. The Bertz CT molecular complexity index is 481. The lowest BCUT2D eigenvalue weighted by molar-refractivity contribution is 0.580. The molecular weight excluding hydrogens is 260 g/mol. The van der Waals surface area contributed by atoms with Crippen LogP contribution in [0, 0.1) is 6.92 Å². The summed E-state index contributed by atoms with van der Waals surface area (Å²) in [5.41, 5.74) is 6.15. The second-order valence-electron chi connectivity index (χ2n) is 3.67. The number of anilines is 1. The van der Waals surface area contributed by atoms with E-state index in [4.69, 9.17) is 5.73 Å². The molecule has 0 radical (unpaired) electrons. The van der Waals surface area contributed by atoms with Crippen LogP contribution in [0.1, 0.15) is 12.1 Å². The molecule has 6 nitrogen and oxygen atoms in total. The van der Waals surface area contributed by atoms with Crippen molar-refractivity contribution >= 4 is 27.6 Å². The van der Waals surface area contributed by atoms with Crippen LogP contribution < -0.4 is 10.5 Å². The second kappa shape index (κ2) is 5.74. The predicted octanol–water partition coefficient (Wildman–Crippen LogP) is 0.342. The molecule has 1 aromatic rings. The highest BCUT2D eigenvalue weighted by Crippen LogP contribution is 2.20. The molecule has 0 aromatic carbocycles. The first-order valence-electron chi connectivity index (χ1n) is 5.18. The van der Waals surface area contributed by atoms with Gasteiger partial charge in [-0.25, -0.2) is 13.1 Å². The summed E-state index contributed by atoms with van der Waals surface area (Å²) in [7, 11) is -1.88. The van der Waals surface area contributed by atoms with E-state index in [9.17, 15) is 8.42 Å². The van der Waals surface area contributed by atoms with Gasteiger partial charge in [-0.15, -0.1) is 0 Å². The molecule has 0 atom stereocenters. The van der Waals surface area contributed by atoms with Crippen molar-refractivity contribution in [1.29, 1.82) is 0 Å². The molecule has 0 fully saturated rings. The van der Waals surface area contributed by atoms with Gasteiger partial charge in [0.1, 0.15) is 4.90 Å². The van der Waals surface area contributed by atoms with Gasteiger partial charge in [0.2, 0.25) is 10.0 Å². The van der Waals surface area contributed by atoms with E-state index in [2.05, 4.69) is 9.82 Å². The highest BCUT2D eigenvalue weighted by molar-refractivity contribution is 7.98. The third kappa shape index (κ3) is 3.36. The topological polar surface area (TPSA) is 90.0 Å². The maximum Gasteiger partial charge on any atom is 0.246 e. The van der Waals surface area contributed by atoms with Crippen LogP contribution in [0.5, 0.6) is 0 Å². The molecule has 0 aliphatic rings. The molecule has 98 valence electrons. The van der Waals surface area contributed by atoms with Gasteiger partial charge < -0.3 is 5.73 Å². The minimum absolute atomic E-state index is 0.0439. The smallest absolute Gasteiger partial charge is 0.246 e. The quantitative estimate of drug-likeness (QED) is 0.732. The number of hydrogen-bond donors (Lipinski definition) is 2. The Labute approximate surface area is 106 Å². The minimum atomic E-state index is -3.55. The molecule has 0 unspecified atom stereocenters. The van der Waals surface area contributed by atoms with E-state index >= 15 is 0 Å². The van der Waals surface area contributed by atoms with Crippen molar-refractivity contribution in [1.82, 2.24) is 14.5 Å². The van der Waals surface area contributed by atoms with Gasteiger partial charge in [0, 0.05) is 13.6 Å². The first kappa shape index (κ1) is 14.3. The zero-order valence-electron chi connectivity index (χ0n) is 10.2. The molecule has 17 heavy (non-hydrogen) atoms. The Balaban J connectivity index is 2.83. The van der Waals surface area contributed by atoms with Crippen molar-refractivity contribution in [3.05, 3.63) is 5.69 Å². The van der Waals surface area contributed by atoms with Crippen LogP contribution in [0.3, 0.4) is 0 Å². The maximum atomic E-state index is 12.0. The zero-order valence-corrected chi connectivity index (χ0v) is 11.9. The van der Waals surface area contributed by atoms with Crippen molar-refractivity contribution in [3.63, 3.8) is 0 Å². The number of aromatic nitrogens is 2. The van der Waals surface area contributed by atoms with Crippen molar-refractivity contribution < 1.29 is 8.42 Å². The summed E-state index contributed by atoms with van der Waals surface area (Å²) in [6.45, 7) is 2.09. The Kier molecular flexibility index (Phi) is 4.84. The fourth-order valence-corrected chi connectivity index (χ4v) is 3.27. The number of nitrogens with zero attached hydrogens (tertiary/aromatic N) is 2. The second-order valence-corrected chi connectivity index (χ2v) is 6.36. The highest BCUT2D eigenvalue weighted by atomic mass is 32.2. The Morgan fingerprint density at radius 1 is 1.53 bits per heavy atom. The van der Waals surface area contributed by atoms with Gasteiger partial charge in [-0.1, -0.05) is 0 Å². The number of nitrogens with two attached hydrogens (primary N) is 1. The summed E-state index contributed by atoms with van der Waals surface area (Å²) >= 11 is 1.68. The summed E-state index contributed by atoms with van der Waals surface area (Å²) in [6, 6.07) is 0. The van der Waals surface area contributed by atoms with Crippen LogP contribution in [0.25, 0.3) is 0 Å². The van der Waals surface area contributed by atoms with Gasteiger partial charge in [-0.3, -0.25) is 4.68 Å². The summed E-state index contributed by atoms with van der Waals surface area (Å²) in [4.78, 5) is 0.0872. The van der Waals surface area contributed by atoms with Crippen molar-refractivity contribution in [3.8, 4) is 0 Å². The van der Waals surface area contributed by atoms with Crippen LogP contribution in [0.15, 0.2) is 4.90 Å². The Morgan fingerprint density at radius 3 is 2.65 bits per heavy atom. The fraction of sp³-hybridized carbons (Fsp3) is 0.667. The predicted molar refractivity (Wildman–Crippen MR) is 70.5 cm³/mol. The summed E-state index contributed by atoms with van der Waals surface area (Å²) < 4.78 is 28.0. The monoisotopic (exact) mass is 278 g/mol. The number of nitrogens with one attached hydrogen (secondary N) is 1. The first-order valence-corrected chi connectivity index (χ1v) is 8.05. The third-order valence-corrected chi connectivity index (χ3v) is 4.71. The van der Waals surface area contributed by atoms with Gasteiger partial charge in [0.05, 0.1) is 5.69 Å². The number of thioether (sulfide) groups is 1. The van der Waals surface area contributed by atoms with Crippen LogP contribution in [-0.2, 0) is 17.1 Å². The van der Waals surface area contributed by atoms with Crippen molar-refractivity contribution in [2.75, 3.05) is 24.3 Å². The Hall–Kier alpha value is -0.730. The number of hydrogen-bond acceptors (Lipinski definition) is 5. The first-order chi connectivity index (χ1) is 7.90. The van der Waals surface area contributed by atoms with Gasteiger partial charge in [-0.2, -0.15) is 16.9 Å². The summed E-state index contributed by atoms with van der Waals surface area (Å²) in [5, 5.41) is 3.89. The van der Waals surface area contributed by atoms with Gasteiger partial charge >= 0.3 is 0 Å². The van der Waals surface area contributed by atoms with E-state index in [1.165, 1.54) is 4.68 Å². The van der Waals surface area contributed by atoms with E-state index in [0.717, 1.165) is 12.2 Å². The van der Waals surface area contributed by atoms with Crippen LogP contribution in [-0.4, -0.2) is 36.8 Å². The van der Waals surface area contributed by atoms with E-state index in [0.29, 0.717) is 12.2 Å². The third-order valence-electron chi connectivity index (χ3n) is 2.39. The molecule has 1 heterocycles. The van der Waals surface area contributed by atoms with Crippen LogP contribution in [0.4, 0.5) is 5.82 Å². The minimum Gasteiger partial charge on any atom is -0.381 e. The SMILES string of the molecule is CSCCCNS(=O)(=O)c1c(N)nn(C)c1C. The molecular formula is C9H18N4O2S2. The molecule has 0 spiro atoms. The molecule has 1 rings (SSSR count). The number of nitrogen functional groups attached to an aromatic ring is 1. The molecule has 0 saturated heterocycles. The maximum absolute atomic E-state index is 12.0. The lowest BCUT2D eigenvalue weighted by Gasteiger charge is -2.06. The van der Waals surface area contributed by atoms with Gasteiger partial charge in [0.25, 0.3) is 0 Å². The molecule has 0 saturated carbocycles. The largest absolute Gasteiger partial charge is 0.381 e. The van der Waals surface area contributed by atoms with E-state index in [-0.39, 0.29) is 10.7 Å². The molecule has 0 aliphatic carbocycles. The summed E-state index contributed by atoms with van der Waals surface area (Å²) in [5.74, 6) is 0.965. The zero-order chi connectivity index (χ0) is 13.1. The number of aryl methyl sites for hydroxylation is 1. The lowest BCUT2D eigenvalue weighted by atomic mass is 10.5. The number of rotatable bonds is 6. The standard InChI is InChI=1S/C9H18N4O2S2/c1-7-8(9(10)12-13(7)2)17(14,15)11-5-4-6-16-3/h11H,4-6H2,1-3H3,(H2,10,12). The fourth-order valence-electron chi connectivity index (χ4n) is 1.44. The molecule has 0 aliphatic heterocycles.